The molecule has 0 saturated carbocycles. The van der Waals surface area contributed by atoms with E-state index in [0.717, 1.165) is 22.6 Å². The lowest BCUT2D eigenvalue weighted by Gasteiger charge is -2.19. The first-order valence-electron chi connectivity index (χ1n) is 12.3. The zero-order valence-corrected chi connectivity index (χ0v) is 22.7. The monoisotopic (exact) mass is 526 g/mol. The molecule has 2 aromatic carbocycles. The molecule has 1 heterocycles. The van der Waals surface area contributed by atoms with Gasteiger partial charge in [-0.05, 0) is 57.4 Å². The maximum Gasteiger partial charge on any atom is 0.251 e. The van der Waals surface area contributed by atoms with Gasteiger partial charge in [-0.2, -0.15) is 0 Å². The topological polar surface area (TPSA) is 105 Å². The van der Waals surface area contributed by atoms with Gasteiger partial charge in [-0.3, -0.25) is 9.59 Å². The fourth-order valence-corrected chi connectivity index (χ4v) is 4.35. The maximum atomic E-state index is 12.9. The number of ether oxygens (including phenoxy) is 1. The van der Waals surface area contributed by atoms with Crippen molar-refractivity contribution in [2.75, 3.05) is 6.61 Å². The third-order valence-electron chi connectivity index (χ3n) is 5.82. The van der Waals surface area contributed by atoms with Crippen LogP contribution in [-0.4, -0.2) is 45.2 Å². The van der Waals surface area contributed by atoms with E-state index in [0.29, 0.717) is 29.2 Å². The van der Waals surface area contributed by atoms with Crippen molar-refractivity contribution in [2.45, 2.75) is 58.7 Å². The number of imidazole rings is 1. The second-order valence-electron chi connectivity index (χ2n) is 9.41. The van der Waals surface area contributed by atoms with Gasteiger partial charge >= 0.3 is 0 Å². The SMILES string of the molecule is CC(=O)NC(C)c1nc(-c2ccc(CC(CCO)NC(=O)c3ccc(OC(C)C)c(Cl)c3)cc2)cn1C. The molecule has 0 radical (unpaired) electrons. The van der Waals surface area contributed by atoms with Gasteiger partial charge in [-0.25, -0.2) is 4.98 Å². The van der Waals surface area contributed by atoms with Crippen molar-refractivity contribution in [3.8, 4) is 17.0 Å². The van der Waals surface area contributed by atoms with Crippen LogP contribution in [0.15, 0.2) is 48.7 Å². The first kappa shape index (κ1) is 28.2. The molecule has 0 aliphatic heterocycles. The number of amides is 2. The van der Waals surface area contributed by atoms with Crippen LogP contribution in [-0.2, 0) is 18.3 Å². The molecule has 0 saturated heterocycles. The van der Waals surface area contributed by atoms with Gasteiger partial charge in [0.05, 0.1) is 22.9 Å². The molecule has 0 fully saturated rings. The minimum Gasteiger partial charge on any atom is -0.489 e. The second-order valence-corrected chi connectivity index (χ2v) is 9.82. The van der Waals surface area contributed by atoms with E-state index in [9.17, 15) is 14.7 Å². The molecular formula is C28H35ClN4O4. The summed E-state index contributed by atoms with van der Waals surface area (Å²) in [5.74, 6) is 0.933. The van der Waals surface area contributed by atoms with Crippen LogP contribution in [0.5, 0.6) is 5.75 Å². The molecule has 0 spiro atoms. The summed E-state index contributed by atoms with van der Waals surface area (Å²) in [4.78, 5) is 29.0. The Morgan fingerprint density at radius 2 is 1.81 bits per heavy atom. The smallest absolute Gasteiger partial charge is 0.251 e. The van der Waals surface area contributed by atoms with Gasteiger partial charge in [-0.1, -0.05) is 35.9 Å². The molecule has 9 heteroatoms. The largest absolute Gasteiger partial charge is 0.489 e. The van der Waals surface area contributed by atoms with Crippen molar-refractivity contribution in [3.63, 3.8) is 0 Å². The van der Waals surface area contributed by atoms with Crippen molar-refractivity contribution in [1.82, 2.24) is 20.2 Å². The van der Waals surface area contributed by atoms with Crippen molar-refractivity contribution in [3.05, 3.63) is 70.6 Å². The predicted octanol–water partition coefficient (Wildman–Crippen LogP) is 4.45. The number of aromatic nitrogens is 2. The number of benzene rings is 2. The highest BCUT2D eigenvalue weighted by atomic mass is 35.5. The number of aryl methyl sites for hydroxylation is 1. The standard InChI is InChI=1S/C28H35ClN4O4/c1-17(2)37-26-11-10-22(15-24(26)29)28(36)31-23(12-13-34)14-20-6-8-21(9-7-20)25-16-33(5)27(32-25)18(3)30-19(4)35/h6-11,15-18,23,34H,12-14H2,1-5H3,(H,30,35)(H,31,36). The molecule has 2 amide bonds. The van der Waals surface area contributed by atoms with Gasteiger partial charge in [0.2, 0.25) is 5.91 Å². The lowest BCUT2D eigenvalue weighted by atomic mass is 10.0. The van der Waals surface area contributed by atoms with Crippen molar-refractivity contribution >= 4 is 23.4 Å². The third kappa shape index (κ3) is 7.81. The van der Waals surface area contributed by atoms with E-state index in [-0.39, 0.29) is 36.6 Å². The number of nitrogens with one attached hydrogen (secondary N) is 2. The van der Waals surface area contributed by atoms with Crippen LogP contribution in [0.25, 0.3) is 11.3 Å². The summed E-state index contributed by atoms with van der Waals surface area (Å²) >= 11 is 6.29. The van der Waals surface area contributed by atoms with Crippen LogP contribution in [0.2, 0.25) is 5.02 Å². The van der Waals surface area contributed by atoms with Gasteiger partial charge in [0.25, 0.3) is 5.91 Å². The lowest BCUT2D eigenvalue weighted by Crippen LogP contribution is -2.37. The summed E-state index contributed by atoms with van der Waals surface area (Å²) < 4.78 is 7.54. The third-order valence-corrected chi connectivity index (χ3v) is 6.12. The van der Waals surface area contributed by atoms with E-state index in [1.165, 1.54) is 6.92 Å². The normalized spacial score (nSPS) is 12.8. The average molecular weight is 527 g/mol. The van der Waals surface area contributed by atoms with Crippen LogP contribution in [0.1, 0.15) is 61.9 Å². The Labute approximate surface area is 223 Å². The Morgan fingerprint density at radius 3 is 2.41 bits per heavy atom. The number of carbonyl (C=O) groups is 2. The molecule has 2 unspecified atom stereocenters. The molecule has 198 valence electrons. The van der Waals surface area contributed by atoms with E-state index >= 15 is 0 Å². The Kier molecular flexibility index (Phi) is 9.72. The second kappa shape index (κ2) is 12.7. The van der Waals surface area contributed by atoms with Crippen LogP contribution in [0.4, 0.5) is 0 Å². The molecule has 8 nitrogen and oxygen atoms in total. The number of rotatable bonds is 11. The quantitative estimate of drug-likeness (QED) is 0.342. The van der Waals surface area contributed by atoms with E-state index < -0.39 is 0 Å². The first-order chi connectivity index (χ1) is 17.6. The summed E-state index contributed by atoms with van der Waals surface area (Å²) in [6.45, 7) is 7.15. The number of nitrogens with zero attached hydrogens (tertiary/aromatic N) is 2. The minimum atomic E-state index is -0.262. The summed E-state index contributed by atoms with van der Waals surface area (Å²) in [6.07, 6.45) is 2.88. The van der Waals surface area contributed by atoms with Crippen LogP contribution >= 0.6 is 11.6 Å². The number of hydrogen-bond acceptors (Lipinski definition) is 5. The van der Waals surface area contributed by atoms with E-state index in [1.807, 2.05) is 62.8 Å². The Balaban J connectivity index is 1.68. The van der Waals surface area contributed by atoms with Crippen LogP contribution in [0.3, 0.4) is 0 Å². The van der Waals surface area contributed by atoms with Gasteiger partial charge in [0, 0.05) is 43.9 Å². The first-order valence-corrected chi connectivity index (χ1v) is 12.7. The lowest BCUT2D eigenvalue weighted by molar-refractivity contribution is -0.119. The molecule has 3 N–H and O–H groups in total. The van der Waals surface area contributed by atoms with Crippen LogP contribution < -0.4 is 15.4 Å². The number of hydrogen-bond donors (Lipinski definition) is 3. The van der Waals surface area contributed by atoms with Gasteiger partial charge in [0.1, 0.15) is 11.6 Å². The molecular weight excluding hydrogens is 492 g/mol. The average Bonchev–Trinajstić information content (AvgIpc) is 3.22. The van der Waals surface area contributed by atoms with E-state index in [4.69, 9.17) is 21.3 Å². The highest BCUT2D eigenvalue weighted by Gasteiger charge is 2.17. The fourth-order valence-electron chi connectivity index (χ4n) is 4.13. The number of aliphatic hydroxyl groups excluding tert-OH is 1. The molecule has 2 atom stereocenters. The maximum absolute atomic E-state index is 12.9. The molecule has 1 aromatic heterocycles. The minimum absolute atomic E-state index is 0.0236. The predicted molar refractivity (Wildman–Crippen MR) is 145 cm³/mol. The fraction of sp³-hybridized carbons (Fsp3) is 0.393. The summed E-state index contributed by atoms with van der Waals surface area (Å²) in [7, 11) is 1.90. The number of carbonyl (C=O) groups excluding carboxylic acids is 2. The summed E-state index contributed by atoms with van der Waals surface area (Å²) in [6, 6.07) is 12.5. The van der Waals surface area contributed by atoms with Crippen LogP contribution in [0, 0.1) is 0 Å². The highest BCUT2D eigenvalue weighted by molar-refractivity contribution is 6.32. The molecule has 3 aromatic rings. The molecule has 0 aliphatic carbocycles. The van der Waals surface area contributed by atoms with Crippen molar-refractivity contribution in [2.24, 2.45) is 7.05 Å². The van der Waals surface area contributed by atoms with Gasteiger partial charge in [0.15, 0.2) is 0 Å². The zero-order valence-electron chi connectivity index (χ0n) is 21.9. The van der Waals surface area contributed by atoms with Gasteiger partial charge < -0.3 is 25.0 Å². The van der Waals surface area contributed by atoms with E-state index in [2.05, 4.69) is 10.6 Å². The van der Waals surface area contributed by atoms with Crippen molar-refractivity contribution < 1.29 is 19.4 Å². The molecule has 37 heavy (non-hydrogen) atoms. The molecule has 0 aliphatic rings. The number of aliphatic hydroxyl groups is 1. The number of halogens is 1. The Morgan fingerprint density at radius 1 is 1.11 bits per heavy atom. The summed E-state index contributed by atoms with van der Waals surface area (Å²) in [5.41, 5.74) is 3.20. The summed E-state index contributed by atoms with van der Waals surface area (Å²) in [5, 5.41) is 15.8. The highest BCUT2D eigenvalue weighted by Crippen LogP contribution is 2.27. The Bertz CT molecular complexity index is 1220. The zero-order chi connectivity index (χ0) is 27.1. The Hall–Kier alpha value is -3.36. The van der Waals surface area contributed by atoms with E-state index in [1.54, 1.807) is 18.2 Å². The van der Waals surface area contributed by atoms with Gasteiger partial charge in [-0.15, -0.1) is 0 Å². The molecule has 0 bridgehead atoms. The van der Waals surface area contributed by atoms with Crippen molar-refractivity contribution in [1.29, 1.82) is 0 Å². The molecule has 3 rings (SSSR count).